The summed E-state index contributed by atoms with van der Waals surface area (Å²) in [6, 6.07) is 24.0. The molecule has 0 atom stereocenters. The quantitative estimate of drug-likeness (QED) is 0.159. The Bertz CT molecular complexity index is 1440. The van der Waals surface area contributed by atoms with Crippen molar-refractivity contribution in [3.05, 3.63) is 84.9 Å². The van der Waals surface area contributed by atoms with Crippen LogP contribution in [-0.2, 0) is 31.9 Å². The molecule has 0 spiro atoms. The summed E-state index contributed by atoms with van der Waals surface area (Å²) in [5, 5.41) is 12.0. The molecule has 0 saturated carbocycles. The van der Waals surface area contributed by atoms with Gasteiger partial charge in [0.1, 0.15) is 6.33 Å². The zero-order valence-corrected chi connectivity index (χ0v) is 20.4. The second-order valence-electron chi connectivity index (χ2n) is 7.33. The smallest absolute Gasteiger partial charge is 0.155 e. The molecule has 0 aliphatic heterocycles. The minimum atomic E-state index is -0.125. The van der Waals surface area contributed by atoms with Crippen molar-refractivity contribution < 1.29 is 30.0 Å². The Morgan fingerprint density at radius 2 is 1.72 bits per heavy atom. The Kier molecular flexibility index (Phi) is 7.18. The van der Waals surface area contributed by atoms with Gasteiger partial charge in [-0.3, -0.25) is 9.78 Å². The van der Waals surface area contributed by atoms with Gasteiger partial charge in [0.25, 0.3) is 0 Å². The average molecular weight is 601 g/mol. The van der Waals surface area contributed by atoms with E-state index >= 15 is 0 Å². The number of aliphatic hydroxyl groups is 1. The maximum Gasteiger partial charge on any atom is 0.155 e. The molecule has 5 rings (SSSR count). The predicted octanol–water partition coefficient (Wildman–Crippen LogP) is 5.78. The van der Waals surface area contributed by atoms with Crippen LogP contribution in [0.1, 0.15) is 13.8 Å². The third kappa shape index (κ3) is 4.47. The van der Waals surface area contributed by atoms with Gasteiger partial charge in [0.15, 0.2) is 5.78 Å². The van der Waals surface area contributed by atoms with Crippen LogP contribution in [0.3, 0.4) is 0 Å². The SMILES string of the molecule is CC(=O)/C=C(/C)O.Cn1c2c(-c3[c-]cccc3)ncnc2c2ccc3ccccc3c21.[Ir]. The summed E-state index contributed by atoms with van der Waals surface area (Å²) >= 11 is 0. The zero-order chi connectivity index (χ0) is 22.0. The fourth-order valence-corrected chi connectivity index (χ4v) is 3.84. The summed E-state index contributed by atoms with van der Waals surface area (Å²) in [7, 11) is 2.09. The van der Waals surface area contributed by atoms with E-state index in [0.29, 0.717) is 0 Å². The molecule has 5 aromatic rings. The van der Waals surface area contributed by atoms with Gasteiger partial charge in [0.2, 0.25) is 0 Å². The number of carbonyl (C=O) groups is 1. The number of fused-ring (bicyclic) bond motifs is 5. The summed E-state index contributed by atoms with van der Waals surface area (Å²) in [4.78, 5) is 19.1. The topological polar surface area (TPSA) is 68.0 Å². The molecule has 3 aromatic carbocycles. The molecule has 0 fully saturated rings. The molecule has 163 valence electrons. The molecular formula is C26H22IrN3O2-. The van der Waals surface area contributed by atoms with Crippen LogP contribution in [0.4, 0.5) is 0 Å². The molecule has 0 unspecified atom stereocenters. The Hall–Kier alpha value is -3.34. The fourth-order valence-electron chi connectivity index (χ4n) is 3.84. The number of nitrogens with zero attached hydrogens (tertiary/aromatic N) is 3. The van der Waals surface area contributed by atoms with Crippen LogP contribution in [0.25, 0.3) is 44.0 Å². The Balaban J connectivity index is 0.000000318. The molecule has 5 nitrogen and oxygen atoms in total. The van der Waals surface area contributed by atoms with Crippen molar-refractivity contribution in [1.29, 1.82) is 0 Å². The van der Waals surface area contributed by atoms with Gasteiger partial charge in [-0.2, -0.15) is 0 Å². The number of allylic oxidation sites excluding steroid dienone is 2. The van der Waals surface area contributed by atoms with E-state index in [4.69, 9.17) is 5.11 Å². The summed E-state index contributed by atoms with van der Waals surface area (Å²) in [6.07, 6.45) is 2.81. The number of aromatic nitrogens is 3. The number of hydrogen-bond acceptors (Lipinski definition) is 4. The number of aryl methyl sites for hydroxylation is 1. The number of ketones is 1. The molecule has 0 aliphatic carbocycles. The second kappa shape index (κ2) is 9.86. The van der Waals surface area contributed by atoms with E-state index in [-0.39, 0.29) is 31.6 Å². The van der Waals surface area contributed by atoms with E-state index in [9.17, 15) is 4.79 Å². The number of hydrogen-bond donors (Lipinski definition) is 1. The average Bonchev–Trinajstić information content (AvgIpc) is 3.07. The van der Waals surface area contributed by atoms with E-state index in [1.54, 1.807) is 6.33 Å². The van der Waals surface area contributed by atoms with Crippen LogP contribution >= 0.6 is 0 Å². The predicted molar refractivity (Wildman–Crippen MR) is 125 cm³/mol. The van der Waals surface area contributed by atoms with Gasteiger partial charge in [-0.15, -0.1) is 35.9 Å². The van der Waals surface area contributed by atoms with Crippen LogP contribution < -0.4 is 0 Å². The second-order valence-corrected chi connectivity index (χ2v) is 7.33. The molecule has 0 bridgehead atoms. The summed E-state index contributed by atoms with van der Waals surface area (Å²) in [5.74, 6) is -0.0625. The van der Waals surface area contributed by atoms with Crippen molar-refractivity contribution in [3.8, 4) is 11.3 Å². The number of carbonyl (C=O) groups excluding carboxylic acids is 1. The van der Waals surface area contributed by atoms with E-state index in [1.165, 1.54) is 36.2 Å². The Labute approximate surface area is 199 Å². The van der Waals surface area contributed by atoms with E-state index in [1.807, 2.05) is 24.3 Å². The molecule has 0 aliphatic rings. The molecule has 0 amide bonds. The van der Waals surface area contributed by atoms with Crippen molar-refractivity contribution >= 4 is 38.5 Å². The Morgan fingerprint density at radius 1 is 0.969 bits per heavy atom. The Morgan fingerprint density at radius 3 is 2.38 bits per heavy atom. The van der Waals surface area contributed by atoms with Crippen molar-refractivity contribution in [1.82, 2.24) is 14.5 Å². The first-order chi connectivity index (χ1) is 15.0. The number of rotatable bonds is 2. The minimum absolute atomic E-state index is 0. The normalized spacial score (nSPS) is 11.2. The first-order valence-corrected chi connectivity index (χ1v) is 9.93. The van der Waals surface area contributed by atoms with Crippen molar-refractivity contribution in [3.63, 3.8) is 0 Å². The maximum atomic E-state index is 10.0. The zero-order valence-electron chi connectivity index (χ0n) is 18.0. The van der Waals surface area contributed by atoms with E-state index in [2.05, 4.69) is 64.0 Å². The summed E-state index contributed by atoms with van der Waals surface area (Å²) < 4.78 is 2.21. The van der Waals surface area contributed by atoms with Crippen LogP contribution in [0, 0.1) is 6.07 Å². The van der Waals surface area contributed by atoms with Gasteiger partial charge in [-0.25, -0.2) is 4.98 Å². The molecular weight excluding hydrogens is 579 g/mol. The van der Waals surface area contributed by atoms with Crippen molar-refractivity contribution in [2.45, 2.75) is 13.8 Å². The van der Waals surface area contributed by atoms with Gasteiger partial charge in [-0.1, -0.05) is 36.4 Å². The largest absolute Gasteiger partial charge is 0.512 e. The van der Waals surface area contributed by atoms with Crippen molar-refractivity contribution in [2.75, 3.05) is 0 Å². The van der Waals surface area contributed by atoms with E-state index in [0.717, 1.165) is 27.7 Å². The monoisotopic (exact) mass is 601 g/mol. The number of aliphatic hydroxyl groups excluding tert-OH is 1. The molecule has 0 saturated heterocycles. The maximum absolute atomic E-state index is 10.0. The van der Waals surface area contributed by atoms with Gasteiger partial charge in [-0.05, 0) is 19.2 Å². The molecule has 6 heteroatoms. The van der Waals surface area contributed by atoms with Gasteiger partial charge in [0.05, 0.1) is 22.3 Å². The van der Waals surface area contributed by atoms with Crippen LogP contribution in [0.2, 0.25) is 0 Å². The van der Waals surface area contributed by atoms with Gasteiger partial charge >= 0.3 is 0 Å². The van der Waals surface area contributed by atoms with Gasteiger partial charge < -0.3 is 9.67 Å². The van der Waals surface area contributed by atoms with Crippen LogP contribution in [0.5, 0.6) is 0 Å². The third-order valence-electron chi connectivity index (χ3n) is 5.03. The van der Waals surface area contributed by atoms with Crippen LogP contribution in [-0.4, -0.2) is 25.4 Å². The standard InChI is InChI=1S/C21H14N3.C5H8O2.Ir/c1-24-20-16-10-6-5-7-14(16)11-12-17(20)19-21(24)18(22-13-23-19)15-8-3-2-4-9-15;1-4(6)3-5(2)7;/h2-8,10-13H,1H3;3,6H,1-2H3;/q-1;;/b;4-3-;. The summed E-state index contributed by atoms with van der Waals surface area (Å²) in [6.45, 7) is 2.85. The minimum Gasteiger partial charge on any atom is -0.512 e. The van der Waals surface area contributed by atoms with E-state index < -0.39 is 0 Å². The molecule has 1 radical (unpaired) electrons. The first kappa shape index (κ1) is 23.3. The van der Waals surface area contributed by atoms with Crippen molar-refractivity contribution in [2.24, 2.45) is 7.05 Å². The molecule has 2 aromatic heterocycles. The molecule has 32 heavy (non-hydrogen) atoms. The number of benzene rings is 3. The van der Waals surface area contributed by atoms with Crippen LogP contribution in [0.15, 0.2) is 78.8 Å². The summed E-state index contributed by atoms with van der Waals surface area (Å²) in [5.41, 5.74) is 5.14. The fraction of sp³-hybridized carbons (Fsp3) is 0.115. The first-order valence-electron chi connectivity index (χ1n) is 9.93. The third-order valence-corrected chi connectivity index (χ3v) is 5.03. The molecule has 1 N–H and O–H groups in total. The molecule has 2 heterocycles. The van der Waals surface area contributed by atoms with Gasteiger partial charge in [0, 0.05) is 49.7 Å².